The largest absolute Gasteiger partial charge is 3.00 e. The summed E-state index contributed by atoms with van der Waals surface area (Å²) in [7, 11) is -21.1. The average Bonchev–Trinajstić information content (AvgIpc) is 2.10. The summed E-state index contributed by atoms with van der Waals surface area (Å²) in [5, 5.41) is 0. The van der Waals surface area contributed by atoms with Gasteiger partial charge in [-0.3, -0.25) is 12.9 Å². The molecule has 0 fully saturated rings. The van der Waals surface area contributed by atoms with Crippen LogP contribution >= 0.6 is 49.5 Å². The van der Waals surface area contributed by atoms with Gasteiger partial charge in [-0.1, -0.05) is 0 Å². The van der Waals surface area contributed by atoms with E-state index in [1.807, 2.05) is 0 Å². The van der Waals surface area contributed by atoms with Gasteiger partial charge in [0.15, 0.2) is 0 Å². The molecule has 138 valence electrons. The molecule has 0 N–H and O–H groups in total. The summed E-state index contributed by atoms with van der Waals surface area (Å²) in [6.07, 6.45) is 0. The minimum Gasteiger partial charge on any atom is -0.781 e. The van der Waals surface area contributed by atoms with Gasteiger partial charge in [-0.2, -0.15) is 0 Å². The predicted octanol–water partition coefficient (Wildman–Crippen LogP) is -4.49. The van der Waals surface area contributed by atoms with Gasteiger partial charge < -0.3 is 56.8 Å². The first kappa shape index (κ1) is 37.4. The summed E-state index contributed by atoms with van der Waals surface area (Å²) in [6, 6.07) is 0. The second-order valence-electron chi connectivity index (χ2n) is 1.81. The first-order valence-corrected chi connectivity index (χ1v) is 11.0. The van der Waals surface area contributed by atoms with Crippen molar-refractivity contribution in [3.8, 4) is 0 Å². The van der Waals surface area contributed by atoms with Crippen LogP contribution in [0.5, 0.6) is 0 Å². The van der Waals surface area contributed by atoms with Crippen LogP contribution in [0.2, 0.25) is 0 Å². The van der Waals surface area contributed by atoms with Gasteiger partial charge >= 0.3 is 80.8 Å². The molecule has 6 atom stereocenters. The van der Waals surface area contributed by atoms with Crippen molar-refractivity contribution in [3.05, 3.63) is 0 Å². The maximum absolute atomic E-state index is 9.29. The Bertz CT molecular complexity index is 318. The number of hydrogen-bond donors (Lipinski definition) is 0. The van der Waals surface area contributed by atoms with Crippen LogP contribution in [-0.2, 0) is 40.3 Å². The maximum Gasteiger partial charge on any atom is 3.00 e. The molecular formula is H6O15P6Sm2. The molecule has 6 unspecified atom stereocenters. The van der Waals surface area contributed by atoms with Gasteiger partial charge in [0.25, 0.3) is 0 Å². The summed E-state index contributed by atoms with van der Waals surface area (Å²) >= 11 is 0. The topological polar surface area (TPSA) is 268 Å². The number of rotatable bonds is 6. The first-order valence-electron chi connectivity index (χ1n) is 3.67. The first-order chi connectivity index (χ1) is 9.38. The third-order valence-corrected chi connectivity index (χ3v) is 4.50. The molecule has 0 aliphatic rings. The Hall–Kier alpha value is 3.70. The van der Waals surface area contributed by atoms with E-state index < -0.39 is 49.5 Å². The Labute approximate surface area is 197 Å². The van der Waals surface area contributed by atoms with E-state index in [4.69, 9.17) is 0 Å². The normalized spacial score (nSPS) is 17.0. The molecule has 0 aromatic carbocycles. The molecule has 0 bridgehead atoms. The molecule has 0 rings (SSSR count). The molecule has 23 heavy (non-hydrogen) atoms. The van der Waals surface area contributed by atoms with E-state index in [1.165, 1.54) is 0 Å². The van der Waals surface area contributed by atoms with Crippen molar-refractivity contribution in [2.75, 3.05) is 0 Å². The molecule has 0 saturated carbocycles. The summed E-state index contributed by atoms with van der Waals surface area (Å²) in [4.78, 5) is 55.7. The summed E-state index contributed by atoms with van der Waals surface area (Å²) < 4.78 is 65.4. The molecule has 0 aliphatic heterocycles. The SMILES string of the molecule is O=[PH]([O-])O[PH](=O)[O-].O=[PH]([O-])O[PH](=O)[O-].O=[PH]([O-])O[PH](=O)[O-].[Sm+3].[Sm+3]. The zero-order valence-corrected chi connectivity index (χ0v) is 21.2. The van der Waals surface area contributed by atoms with Gasteiger partial charge in [-0.05, 0) is 0 Å². The van der Waals surface area contributed by atoms with Crippen LogP contribution in [0, 0.1) is 80.8 Å². The standard InChI is InChI=1S/3H4O5P2.2Sm/c3*1-6(2)5-7(3)4;;/h3*6-7H,(H,1,2)(H,3,4);;/q;;;2*+3/p-6. The molecule has 15 nitrogen and oxygen atoms in total. The molecule has 0 saturated heterocycles. The minimum absolute atomic E-state index is 0. The summed E-state index contributed by atoms with van der Waals surface area (Å²) in [5.74, 6) is 0. The number of hydrogen-bond acceptors (Lipinski definition) is 15. The van der Waals surface area contributed by atoms with E-state index in [0.29, 0.717) is 0 Å². The molecule has 0 aromatic rings. The molecule has 23 heteroatoms. The van der Waals surface area contributed by atoms with Crippen LogP contribution in [0.1, 0.15) is 0 Å². The van der Waals surface area contributed by atoms with Crippen LogP contribution in [0.15, 0.2) is 0 Å². The van der Waals surface area contributed by atoms with Crippen LogP contribution in [0.25, 0.3) is 0 Å². The quantitative estimate of drug-likeness (QED) is 0.233. The predicted molar refractivity (Wildman–Crippen MR) is 57.3 cm³/mol. The maximum atomic E-state index is 9.29. The van der Waals surface area contributed by atoms with E-state index in [1.54, 1.807) is 0 Å². The van der Waals surface area contributed by atoms with Crippen molar-refractivity contribution in [2.24, 2.45) is 0 Å². The van der Waals surface area contributed by atoms with E-state index >= 15 is 0 Å². The van der Waals surface area contributed by atoms with Crippen LogP contribution in [0.3, 0.4) is 0 Å². The fourth-order valence-corrected chi connectivity index (χ4v) is 1.84. The van der Waals surface area contributed by atoms with Crippen molar-refractivity contribution >= 4 is 49.5 Å². The molecule has 0 heterocycles. The van der Waals surface area contributed by atoms with Crippen molar-refractivity contribution < 1.29 is 150 Å². The Morgan fingerprint density at radius 1 is 0.391 bits per heavy atom. The third-order valence-electron chi connectivity index (χ3n) is 0.500. The second kappa shape index (κ2) is 25.7. The molecule has 0 spiro atoms. The Kier molecular flexibility index (Phi) is 41.8. The zero-order chi connectivity index (χ0) is 17.6. The monoisotopic (exact) mass is 736 g/mol. The summed E-state index contributed by atoms with van der Waals surface area (Å²) in [5.41, 5.74) is 0. The average molecular weight is 733 g/mol. The van der Waals surface area contributed by atoms with E-state index in [2.05, 4.69) is 12.9 Å². The second-order valence-corrected chi connectivity index (χ2v) is 7.26. The van der Waals surface area contributed by atoms with E-state index in [9.17, 15) is 56.8 Å². The van der Waals surface area contributed by atoms with Crippen molar-refractivity contribution in [2.45, 2.75) is 0 Å². The van der Waals surface area contributed by atoms with Gasteiger partial charge in [0.05, 0.1) is 0 Å². The van der Waals surface area contributed by atoms with Gasteiger partial charge in [0.2, 0.25) is 0 Å². The Morgan fingerprint density at radius 2 is 0.478 bits per heavy atom. The smallest absolute Gasteiger partial charge is 0.781 e. The van der Waals surface area contributed by atoms with Crippen LogP contribution in [-0.4, -0.2) is 0 Å². The molecular weight excluding hydrogens is 727 g/mol. The third kappa shape index (κ3) is 58.6. The summed E-state index contributed by atoms with van der Waals surface area (Å²) in [6.45, 7) is 0. The van der Waals surface area contributed by atoms with Gasteiger partial charge in [-0.15, -0.1) is 0 Å². The van der Waals surface area contributed by atoms with Crippen molar-refractivity contribution in [1.82, 2.24) is 0 Å². The molecule has 0 aromatic heterocycles. The van der Waals surface area contributed by atoms with Crippen LogP contribution in [0.4, 0.5) is 0 Å². The fraction of sp³-hybridized carbons (Fsp3) is 0. The van der Waals surface area contributed by atoms with Gasteiger partial charge in [0.1, 0.15) is 49.5 Å². The van der Waals surface area contributed by atoms with Gasteiger partial charge in [0, 0.05) is 0 Å². The van der Waals surface area contributed by atoms with Crippen LogP contribution < -0.4 is 29.4 Å². The Morgan fingerprint density at radius 3 is 0.478 bits per heavy atom. The van der Waals surface area contributed by atoms with Crippen molar-refractivity contribution in [1.29, 1.82) is 0 Å². The van der Waals surface area contributed by atoms with Gasteiger partial charge in [-0.25, -0.2) is 0 Å². The minimum atomic E-state index is -3.51. The zero-order valence-electron chi connectivity index (χ0n) is 9.94. The molecule has 0 amide bonds. The van der Waals surface area contributed by atoms with E-state index in [-0.39, 0.29) is 80.8 Å². The fourth-order valence-electron chi connectivity index (χ4n) is 0.204. The molecule has 2 radical (unpaired) electrons. The Balaban J connectivity index is -0.0000000675. The molecule has 0 aliphatic carbocycles. The van der Waals surface area contributed by atoms with Crippen molar-refractivity contribution in [3.63, 3.8) is 0 Å². The van der Waals surface area contributed by atoms with E-state index in [0.717, 1.165) is 0 Å².